The molecule has 1 N–H and O–H groups in total. The summed E-state index contributed by atoms with van der Waals surface area (Å²) in [6.45, 7) is 11.0. The highest BCUT2D eigenvalue weighted by Crippen LogP contribution is 2.26. The smallest absolute Gasteiger partial charge is 0.335 e. The number of hydrogen-bond acceptors (Lipinski definition) is 2. The summed E-state index contributed by atoms with van der Waals surface area (Å²) in [6, 6.07) is 0. The molecule has 0 amide bonds. The second-order valence-corrected chi connectivity index (χ2v) is 3.99. The van der Waals surface area contributed by atoms with Crippen LogP contribution in [-0.4, -0.2) is 17.8 Å². The molecule has 0 atom stereocenters. The SMILES string of the molecule is C=N/C(=C\C(=C/C)C(=O)O)C(C)(C)C. The molecule has 0 saturated heterocycles. The monoisotopic (exact) mass is 195 g/mol. The van der Waals surface area contributed by atoms with Crippen LogP contribution in [-0.2, 0) is 4.79 Å². The minimum atomic E-state index is -0.946. The van der Waals surface area contributed by atoms with Crippen LogP contribution in [0.3, 0.4) is 0 Å². The molecule has 0 aliphatic carbocycles. The first kappa shape index (κ1) is 12.6. The van der Waals surface area contributed by atoms with Crippen LogP contribution in [0.15, 0.2) is 28.4 Å². The highest BCUT2D eigenvalue weighted by Gasteiger charge is 2.17. The number of carbonyl (C=O) groups is 1. The number of aliphatic imine (C=N–C) groups is 1. The molecule has 0 aromatic carbocycles. The van der Waals surface area contributed by atoms with Crippen molar-refractivity contribution in [2.75, 3.05) is 0 Å². The van der Waals surface area contributed by atoms with Gasteiger partial charge in [-0.2, -0.15) is 0 Å². The summed E-state index contributed by atoms with van der Waals surface area (Å²) in [6.07, 6.45) is 3.09. The number of carboxylic acids is 1. The Morgan fingerprint density at radius 3 is 2.14 bits per heavy atom. The van der Waals surface area contributed by atoms with E-state index in [0.717, 1.165) is 0 Å². The van der Waals surface area contributed by atoms with E-state index in [9.17, 15) is 4.79 Å². The zero-order valence-electron chi connectivity index (χ0n) is 9.16. The quantitative estimate of drug-likeness (QED) is 0.427. The Balaban J connectivity index is 5.13. The molecule has 0 saturated carbocycles. The number of rotatable bonds is 3. The lowest BCUT2D eigenvalue weighted by Gasteiger charge is -2.18. The third-order valence-electron chi connectivity index (χ3n) is 1.79. The van der Waals surface area contributed by atoms with Crippen molar-refractivity contribution in [1.82, 2.24) is 0 Å². The van der Waals surface area contributed by atoms with Crippen molar-refractivity contribution >= 4 is 12.7 Å². The molecule has 0 fully saturated rings. The zero-order chi connectivity index (χ0) is 11.4. The van der Waals surface area contributed by atoms with Gasteiger partial charge in [0.1, 0.15) is 0 Å². The van der Waals surface area contributed by atoms with Crippen molar-refractivity contribution in [1.29, 1.82) is 0 Å². The van der Waals surface area contributed by atoms with E-state index in [0.29, 0.717) is 5.70 Å². The summed E-state index contributed by atoms with van der Waals surface area (Å²) in [5.41, 5.74) is 0.723. The number of allylic oxidation sites excluding steroid dienone is 2. The van der Waals surface area contributed by atoms with Gasteiger partial charge in [-0.25, -0.2) is 4.79 Å². The molecule has 0 spiro atoms. The molecular formula is C11H17NO2. The van der Waals surface area contributed by atoms with Crippen LogP contribution in [0.1, 0.15) is 27.7 Å². The highest BCUT2D eigenvalue weighted by atomic mass is 16.4. The van der Waals surface area contributed by atoms with Gasteiger partial charge in [0.05, 0.1) is 5.57 Å². The van der Waals surface area contributed by atoms with Gasteiger partial charge in [-0.05, 0) is 19.7 Å². The van der Waals surface area contributed by atoms with E-state index in [-0.39, 0.29) is 11.0 Å². The molecule has 78 valence electrons. The second kappa shape index (κ2) is 4.74. The zero-order valence-corrected chi connectivity index (χ0v) is 9.16. The Morgan fingerprint density at radius 1 is 1.43 bits per heavy atom. The Hall–Kier alpha value is -1.38. The molecule has 0 aromatic rings. The maximum atomic E-state index is 10.7. The summed E-state index contributed by atoms with van der Waals surface area (Å²) in [5.74, 6) is -0.946. The lowest BCUT2D eigenvalue weighted by molar-refractivity contribution is -0.132. The summed E-state index contributed by atoms with van der Waals surface area (Å²) < 4.78 is 0. The molecule has 0 aliphatic rings. The van der Waals surface area contributed by atoms with Gasteiger partial charge in [-0.1, -0.05) is 26.8 Å². The first-order valence-electron chi connectivity index (χ1n) is 4.41. The van der Waals surface area contributed by atoms with Gasteiger partial charge in [0.25, 0.3) is 0 Å². The van der Waals surface area contributed by atoms with Crippen LogP contribution >= 0.6 is 0 Å². The number of aliphatic carboxylic acids is 1. The molecular weight excluding hydrogens is 178 g/mol. The summed E-state index contributed by atoms with van der Waals surface area (Å²) in [4.78, 5) is 14.6. The van der Waals surface area contributed by atoms with E-state index in [1.54, 1.807) is 19.1 Å². The number of carboxylic acid groups (broad SMARTS) is 1. The minimum Gasteiger partial charge on any atom is -0.478 e. The van der Waals surface area contributed by atoms with E-state index in [1.807, 2.05) is 20.8 Å². The average molecular weight is 195 g/mol. The minimum absolute atomic E-state index is 0.189. The third-order valence-corrected chi connectivity index (χ3v) is 1.79. The van der Waals surface area contributed by atoms with Gasteiger partial charge in [0, 0.05) is 11.1 Å². The average Bonchev–Trinajstić information content (AvgIpc) is 2.03. The maximum Gasteiger partial charge on any atom is 0.335 e. The fourth-order valence-corrected chi connectivity index (χ4v) is 0.915. The van der Waals surface area contributed by atoms with Crippen molar-refractivity contribution in [2.45, 2.75) is 27.7 Å². The van der Waals surface area contributed by atoms with Crippen LogP contribution in [0, 0.1) is 5.41 Å². The van der Waals surface area contributed by atoms with E-state index in [2.05, 4.69) is 11.7 Å². The fraction of sp³-hybridized carbons (Fsp3) is 0.455. The third kappa shape index (κ3) is 3.56. The Morgan fingerprint density at radius 2 is 1.93 bits per heavy atom. The molecule has 0 unspecified atom stereocenters. The highest BCUT2D eigenvalue weighted by molar-refractivity contribution is 5.89. The molecule has 0 heterocycles. The molecule has 3 nitrogen and oxygen atoms in total. The lowest BCUT2D eigenvalue weighted by Crippen LogP contribution is -2.09. The van der Waals surface area contributed by atoms with Gasteiger partial charge in [0.2, 0.25) is 0 Å². The Kier molecular flexibility index (Phi) is 4.28. The van der Waals surface area contributed by atoms with Gasteiger partial charge < -0.3 is 5.11 Å². The van der Waals surface area contributed by atoms with Gasteiger partial charge in [-0.3, -0.25) is 4.99 Å². The van der Waals surface area contributed by atoms with Gasteiger partial charge >= 0.3 is 5.97 Å². The van der Waals surface area contributed by atoms with Crippen molar-refractivity contribution < 1.29 is 9.90 Å². The molecule has 0 aliphatic heterocycles. The Bertz CT molecular complexity index is 293. The molecule has 0 radical (unpaired) electrons. The van der Waals surface area contributed by atoms with Crippen molar-refractivity contribution in [3.05, 3.63) is 23.4 Å². The largest absolute Gasteiger partial charge is 0.478 e. The van der Waals surface area contributed by atoms with Crippen LogP contribution in [0.25, 0.3) is 0 Å². The number of hydrogen-bond donors (Lipinski definition) is 1. The van der Waals surface area contributed by atoms with Gasteiger partial charge in [-0.15, -0.1) is 0 Å². The van der Waals surface area contributed by atoms with E-state index < -0.39 is 5.97 Å². The van der Waals surface area contributed by atoms with Crippen molar-refractivity contribution in [2.24, 2.45) is 10.4 Å². The van der Waals surface area contributed by atoms with Gasteiger partial charge in [0.15, 0.2) is 0 Å². The second-order valence-electron chi connectivity index (χ2n) is 3.99. The first-order chi connectivity index (χ1) is 6.32. The normalized spacial score (nSPS) is 14.0. The molecule has 0 rings (SSSR count). The lowest BCUT2D eigenvalue weighted by atomic mass is 9.91. The standard InChI is InChI=1S/C11H17NO2/c1-6-8(10(13)14)7-9(12-5)11(2,3)4/h6-7H,5H2,1-4H3,(H,13,14)/b8-6+,9-7-. The van der Waals surface area contributed by atoms with E-state index in [1.165, 1.54) is 0 Å². The first-order valence-corrected chi connectivity index (χ1v) is 4.41. The molecule has 3 heteroatoms. The molecule has 0 bridgehead atoms. The summed E-state index contributed by atoms with van der Waals surface area (Å²) in [5, 5.41) is 8.81. The van der Waals surface area contributed by atoms with Crippen LogP contribution in [0.5, 0.6) is 0 Å². The molecule has 14 heavy (non-hydrogen) atoms. The predicted octanol–water partition coefficient (Wildman–Crippen LogP) is 2.65. The van der Waals surface area contributed by atoms with E-state index in [4.69, 9.17) is 5.11 Å². The maximum absolute atomic E-state index is 10.7. The summed E-state index contributed by atoms with van der Waals surface area (Å²) >= 11 is 0. The van der Waals surface area contributed by atoms with Crippen LogP contribution < -0.4 is 0 Å². The van der Waals surface area contributed by atoms with Crippen LogP contribution in [0.4, 0.5) is 0 Å². The Labute approximate surface area is 84.9 Å². The topological polar surface area (TPSA) is 49.7 Å². The van der Waals surface area contributed by atoms with Crippen LogP contribution in [0.2, 0.25) is 0 Å². The summed E-state index contributed by atoms with van der Waals surface area (Å²) in [7, 11) is 0. The predicted molar refractivity (Wildman–Crippen MR) is 58.5 cm³/mol. The van der Waals surface area contributed by atoms with Crippen molar-refractivity contribution in [3.63, 3.8) is 0 Å². The number of nitrogens with zero attached hydrogens (tertiary/aromatic N) is 1. The fourth-order valence-electron chi connectivity index (χ4n) is 0.915. The van der Waals surface area contributed by atoms with E-state index >= 15 is 0 Å². The molecule has 0 aromatic heterocycles. The van der Waals surface area contributed by atoms with Crippen molar-refractivity contribution in [3.8, 4) is 0 Å².